The molecule has 0 amide bonds. The molecule has 23 heavy (non-hydrogen) atoms. The second-order valence-electron chi connectivity index (χ2n) is 6.14. The van der Waals surface area contributed by atoms with Gasteiger partial charge in [-0.1, -0.05) is 18.2 Å². The summed E-state index contributed by atoms with van der Waals surface area (Å²) in [6.45, 7) is 1.64. The van der Waals surface area contributed by atoms with Crippen molar-refractivity contribution in [3.63, 3.8) is 0 Å². The quantitative estimate of drug-likeness (QED) is 0.692. The smallest absolute Gasteiger partial charge is 0.228 e. The van der Waals surface area contributed by atoms with Crippen LogP contribution in [0.5, 0.6) is 5.75 Å². The lowest BCUT2D eigenvalue weighted by atomic mass is 10.0. The number of carbonyl (C=O) groups excluding carboxylic acids is 1. The molecule has 0 unspecified atom stereocenters. The molecule has 3 heteroatoms. The molecule has 0 spiro atoms. The molecule has 0 N–H and O–H groups in total. The van der Waals surface area contributed by atoms with Crippen molar-refractivity contribution in [1.82, 2.24) is 4.57 Å². The summed E-state index contributed by atoms with van der Waals surface area (Å²) in [5.74, 6) is 1.45. The van der Waals surface area contributed by atoms with E-state index in [2.05, 4.69) is 12.1 Å². The topological polar surface area (TPSA) is 31.2 Å². The van der Waals surface area contributed by atoms with Crippen molar-refractivity contribution in [2.75, 3.05) is 7.11 Å². The van der Waals surface area contributed by atoms with Gasteiger partial charge in [-0.05, 0) is 60.2 Å². The van der Waals surface area contributed by atoms with E-state index < -0.39 is 0 Å². The van der Waals surface area contributed by atoms with Gasteiger partial charge in [0.05, 0.1) is 18.3 Å². The number of fused-ring (bicyclic) bond motifs is 1. The normalized spacial score (nSPS) is 14.2. The number of rotatable bonds is 3. The summed E-state index contributed by atoms with van der Waals surface area (Å²) in [6, 6.07) is 16.2. The molecule has 1 aliphatic carbocycles. The van der Waals surface area contributed by atoms with E-state index in [0.717, 1.165) is 22.5 Å². The summed E-state index contributed by atoms with van der Waals surface area (Å²) in [4.78, 5) is 12.4. The van der Waals surface area contributed by atoms with Crippen LogP contribution in [0.25, 0.3) is 22.2 Å². The van der Waals surface area contributed by atoms with Crippen LogP contribution < -0.4 is 4.74 Å². The van der Waals surface area contributed by atoms with Gasteiger partial charge in [0, 0.05) is 12.3 Å². The number of carbonyl (C=O) groups is 1. The highest BCUT2D eigenvalue weighted by atomic mass is 16.5. The first kappa shape index (κ1) is 14.1. The Hall–Kier alpha value is -2.55. The molecule has 1 saturated carbocycles. The standard InChI is InChI=1S/C20H19NO2/c1-13(22)21-18-6-4-3-5-17(18)19(14-7-8-14)20(21)15-9-11-16(23-2)12-10-15/h3-6,9-12,14H,7-8H2,1-2H3. The monoisotopic (exact) mass is 305 g/mol. The maximum absolute atomic E-state index is 12.4. The lowest BCUT2D eigenvalue weighted by molar-refractivity contribution is 0.0943. The number of benzene rings is 2. The van der Waals surface area contributed by atoms with Crippen LogP contribution in [0.1, 0.15) is 36.0 Å². The van der Waals surface area contributed by atoms with E-state index in [1.165, 1.54) is 23.8 Å². The minimum absolute atomic E-state index is 0.0546. The van der Waals surface area contributed by atoms with Crippen LogP contribution in [0.2, 0.25) is 0 Å². The first-order valence-corrected chi connectivity index (χ1v) is 7.99. The Balaban J connectivity index is 2.04. The molecular formula is C20H19NO2. The summed E-state index contributed by atoms with van der Waals surface area (Å²) < 4.78 is 7.12. The minimum atomic E-state index is 0.0546. The fraction of sp³-hybridized carbons (Fsp3) is 0.250. The summed E-state index contributed by atoms with van der Waals surface area (Å²) in [7, 11) is 1.66. The highest BCUT2D eigenvalue weighted by Gasteiger charge is 2.32. The van der Waals surface area contributed by atoms with Gasteiger partial charge in [-0.2, -0.15) is 0 Å². The Bertz CT molecular complexity index is 886. The van der Waals surface area contributed by atoms with Crippen LogP contribution in [0.15, 0.2) is 48.5 Å². The number of hydrogen-bond donors (Lipinski definition) is 0. The lowest BCUT2D eigenvalue weighted by Crippen LogP contribution is -2.07. The van der Waals surface area contributed by atoms with Gasteiger partial charge in [-0.25, -0.2) is 0 Å². The third-order valence-corrected chi connectivity index (χ3v) is 4.58. The van der Waals surface area contributed by atoms with Crippen LogP contribution in [-0.2, 0) is 0 Å². The van der Waals surface area contributed by atoms with Crippen LogP contribution in [-0.4, -0.2) is 17.6 Å². The largest absolute Gasteiger partial charge is 0.497 e. The number of nitrogens with zero attached hydrogens (tertiary/aromatic N) is 1. The highest BCUT2D eigenvalue weighted by Crippen LogP contribution is 2.49. The van der Waals surface area contributed by atoms with E-state index in [1.807, 2.05) is 41.0 Å². The summed E-state index contributed by atoms with van der Waals surface area (Å²) in [5, 5.41) is 1.20. The van der Waals surface area contributed by atoms with E-state index in [9.17, 15) is 4.79 Å². The summed E-state index contributed by atoms with van der Waals surface area (Å²) >= 11 is 0. The second kappa shape index (κ2) is 5.27. The maximum Gasteiger partial charge on any atom is 0.228 e. The fourth-order valence-corrected chi connectivity index (χ4v) is 3.41. The van der Waals surface area contributed by atoms with Gasteiger partial charge in [0.2, 0.25) is 5.91 Å². The zero-order valence-electron chi connectivity index (χ0n) is 13.4. The highest BCUT2D eigenvalue weighted by molar-refractivity contribution is 6.01. The molecule has 1 heterocycles. The number of para-hydroxylation sites is 1. The number of hydrogen-bond acceptors (Lipinski definition) is 2. The molecule has 1 aliphatic rings. The molecule has 2 aromatic carbocycles. The van der Waals surface area contributed by atoms with Crippen molar-refractivity contribution in [2.24, 2.45) is 0 Å². The van der Waals surface area contributed by atoms with E-state index in [-0.39, 0.29) is 5.91 Å². The van der Waals surface area contributed by atoms with Crippen LogP contribution >= 0.6 is 0 Å². The molecule has 1 aromatic heterocycles. The van der Waals surface area contributed by atoms with Gasteiger partial charge in [0.15, 0.2) is 0 Å². The van der Waals surface area contributed by atoms with E-state index in [4.69, 9.17) is 4.74 Å². The third kappa shape index (κ3) is 2.24. The predicted molar refractivity (Wildman–Crippen MR) is 92.2 cm³/mol. The summed E-state index contributed by atoms with van der Waals surface area (Å²) in [6.07, 6.45) is 2.41. The average Bonchev–Trinajstić information content (AvgIpc) is 3.35. The first-order valence-electron chi connectivity index (χ1n) is 7.99. The van der Waals surface area contributed by atoms with Gasteiger partial charge in [0.1, 0.15) is 5.75 Å². The summed E-state index contributed by atoms with van der Waals surface area (Å²) in [5.41, 5.74) is 4.44. The van der Waals surface area contributed by atoms with Gasteiger partial charge >= 0.3 is 0 Å². The predicted octanol–water partition coefficient (Wildman–Crippen LogP) is 4.85. The SMILES string of the molecule is COc1ccc(-c2c(C3CC3)c3ccccc3n2C(C)=O)cc1. The van der Waals surface area contributed by atoms with Crippen LogP contribution in [0.4, 0.5) is 0 Å². The molecule has 0 bridgehead atoms. The van der Waals surface area contributed by atoms with Crippen molar-refractivity contribution in [2.45, 2.75) is 25.7 Å². The van der Waals surface area contributed by atoms with Gasteiger partial charge in [-0.3, -0.25) is 9.36 Å². The maximum atomic E-state index is 12.4. The zero-order chi connectivity index (χ0) is 16.0. The fourth-order valence-electron chi connectivity index (χ4n) is 3.41. The Kier molecular flexibility index (Phi) is 3.22. The van der Waals surface area contributed by atoms with E-state index in [0.29, 0.717) is 5.92 Å². The second-order valence-corrected chi connectivity index (χ2v) is 6.14. The zero-order valence-corrected chi connectivity index (χ0v) is 13.4. The van der Waals surface area contributed by atoms with Crippen molar-refractivity contribution in [3.05, 3.63) is 54.1 Å². The van der Waals surface area contributed by atoms with Crippen molar-refractivity contribution >= 4 is 16.8 Å². The molecule has 116 valence electrons. The number of methoxy groups -OCH3 is 1. The van der Waals surface area contributed by atoms with Crippen molar-refractivity contribution in [3.8, 4) is 17.0 Å². The molecule has 1 fully saturated rings. The minimum Gasteiger partial charge on any atom is -0.497 e. The Labute approximate surface area is 135 Å². The average molecular weight is 305 g/mol. The Morgan fingerprint density at radius 1 is 1.09 bits per heavy atom. The molecule has 3 nitrogen and oxygen atoms in total. The molecule has 4 rings (SSSR count). The Morgan fingerprint density at radius 2 is 1.78 bits per heavy atom. The Morgan fingerprint density at radius 3 is 2.39 bits per heavy atom. The molecule has 3 aromatic rings. The van der Waals surface area contributed by atoms with Crippen LogP contribution in [0.3, 0.4) is 0 Å². The molecule has 0 aliphatic heterocycles. The molecule has 0 atom stereocenters. The third-order valence-electron chi connectivity index (χ3n) is 4.58. The van der Waals surface area contributed by atoms with Crippen molar-refractivity contribution in [1.29, 1.82) is 0 Å². The molecule has 0 radical (unpaired) electrons. The van der Waals surface area contributed by atoms with Gasteiger partial charge < -0.3 is 4.74 Å². The van der Waals surface area contributed by atoms with Gasteiger partial charge in [0.25, 0.3) is 0 Å². The van der Waals surface area contributed by atoms with E-state index in [1.54, 1.807) is 14.0 Å². The first-order chi connectivity index (χ1) is 11.2. The number of aromatic nitrogens is 1. The molecule has 0 saturated heterocycles. The van der Waals surface area contributed by atoms with E-state index >= 15 is 0 Å². The number of ether oxygens (including phenoxy) is 1. The van der Waals surface area contributed by atoms with Gasteiger partial charge in [-0.15, -0.1) is 0 Å². The lowest BCUT2D eigenvalue weighted by Gasteiger charge is -2.10. The van der Waals surface area contributed by atoms with Crippen LogP contribution in [0, 0.1) is 0 Å². The molecular weight excluding hydrogens is 286 g/mol. The van der Waals surface area contributed by atoms with Crippen molar-refractivity contribution < 1.29 is 9.53 Å².